The number of nitrogens with zero attached hydrogens (tertiary/aromatic N) is 2. The average molecular weight is 317 g/mol. The van der Waals surface area contributed by atoms with Crippen LogP contribution >= 0.6 is 0 Å². The Bertz CT molecular complexity index is 568. The van der Waals surface area contributed by atoms with Crippen molar-refractivity contribution in [3.05, 3.63) is 47.0 Å². The number of nitrogens with one attached hydrogen (secondary N) is 1. The third kappa shape index (κ3) is 4.81. The molecule has 0 unspecified atom stereocenters. The summed E-state index contributed by atoms with van der Waals surface area (Å²) in [5.41, 5.74) is 0.441. The first-order valence-electron chi connectivity index (χ1n) is 8.00. The van der Waals surface area contributed by atoms with Crippen molar-refractivity contribution in [3.63, 3.8) is 0 Å². The highest BCUT2D eigenvalue weighted by Crippen LogP contribution is 2.27. The highest BCUT2D eigenvalue weighted by atomic mass is 16.6. The molecule has 1 aliphatic carbocycles. The molecule has 1 aromatic rings. The Morgan fingerprint density at radius 3 is 2.70 bits per heavy atom. The van der Waals surface area contributed by atoms with Crippen LogP contribution in [0.1, 0.15) is 32.1 Å². The van der Waals surface area contributed by atoms with Gasteiger partial charge in [0.1, 0.15) is 5.69 Å². The largest absolute Gasteiger partial charge is 0.353 e. The van der Waals surface area contributed by atoms with E-state index in [9.17, 15) is 14.9 Å². The topological polar surface area (TPSA) is 75.5 Å². The second-order valence-corrected chi connectivity index (χ2v) is 5.82. The highest BCUT2D eigenvalue weighted by molar-refractivity contribution is 5.82. The smallest absolute Gasteiger partial charge is 0.292 e. The van der Waals surface area contributed by atoms with E-state index in [2.05, 4.69) is 11.9 Å². The first-order valence-corrected chi connectivity index (χ1v) is 8.00. The van der Waals surface area contributed by atoms with E-state index in [0.29, 0.717) is 12.2 Å². The summed E-state index contributed by atoms with van der Waals surface area (Å²) < 4.78 is 0. The SMILES string of the molecule is C=CCN(CC(=O)NC1CCCCC1)c1ccccc1[N+](=O)[O-]. The fraction of sp³-hybridized carbons (Fsp3) is 0.471. The number of hydrogen-bond donors (Lipinski definition) is 1. The molecule has 1 saturated carbocycles. The molecule has 0 aliphatic heterocycles. The number of carbonyl (C=O) groups is 1. The quantitative estimate of drug-likeness (QED) is 0.476. The zero-order valence-electron chi connectivity index (χ0n) is 13.2. The summed E-state index contributed by atoms with van der Waals surface area (Å²) in [6.45, 7) is 4.15. The molecular formula is C17H23N3O3. The highest BCUT2D eigenvalue weighted by Gasteiger charge is 2.21. The molecule has 1 fully saturated rings. The molecule has 23 heavy (non-hydrogen) atoms. The van der Waals surface area contributed by atoms with E-state index in [-0.39, 0.29) is 24.2 Å². The second-order valence-electron chi connectivity index (χ2n) is 5.82. The van der Waals surface area contributed by atoms with Crippen LogP contribution in [-0.4, -0.2) is 30.0 Å². The van der Waals surface area contributed by atoms with Gasteiger partial charge in [-0.3, -0.25) is 14.9 Å². The van der Waals surface area contributed by atoms with Crippen molar-refractivity contribution < 1.29 is 9.72 Å². The predicted molar refractivity (Wildman–Crippen MR) is 90.5 cm³/mol. The van der Waals surface area contributed by atoms with Gasteiger partial charge in [-0.2, -0.15) is 0 Å². The molecule has 0 heterocycles. The van der Waals surface area contributed by atoms with E-state index < -0.39 is 4.92 Å². The van der Waals surface area contributed by atoms with Crippen LogP contribution in [0.15, 0.2) is 36.9 Å². The number of nitro groups is 1. The molecule has 1 aliphatic rings. The number of para-hydroxylation sites is 2. The Morgan fingerprint density at radius 1 is 1.35 bits per heavy atom. The first-order chi connectivity index (χ1) is 11.1. The molecule has 6 heteroatoms. The Morgan fingerprint density at radius 2 is 2.04 bits per heavy atom. The lowest BCUT2D eigenvalue weighted by molar-refractivity contribution is -0.384. The molecule has 0 bridgehead atoms. The molecule has 1 aromatic carbocycles. The van der Waals surface area contributed by atoms with Gasteiger partial charge in [-0.1, -0.05) is 37.5 Å². The van der Waals surface area contributed by atoms with Crippen LogP contribution in [0.25, 0.3) is 0 Å². The number of carbonyl (C=O) groups excluding carboxylic acids is 1. The molecule has 0 atom stereocenters. The van der Waals surface area contributed by atoms with Crippen LogP contribution in [0.5, 0.6) is 0 Å². The Balaban J connectivity index is 2.07. The Hall–Kier alpha value is -2.37. The van der Waals surface area contributed by atoms with Gasteiger partial charge in [0, 0.05) is 18.7 Å². The average Bonchev–Trinajstić information content (AvgIpc) is 2.55. The molecule has 124 valence electrons. The molecule has 0 aromatic heterocycles. The van der Waals surface area contributed by atoms with Gasteiger partial charge in [-0.15, -0.1) is 6.58 Å². The van der Waals surface area contributed by atoms with E-state index in [1.165, 1.54) is 12.5 Å². The molecule has 2 rings (SSSR count). The van der Waals surface area contributed by atoms with Gasteiger partial charge >= 0.3 is 0 Å². The summed E-state index contributed by atoms with van der Waals surface area (Å²) in [5, 5.41) is 14.2. The number of benzene rings is 1. The van der Waals surface area contributed by atoms with Crippen molar-refractivity contribution in [2.45, 2.75) is 38.1 Å². The van der Waals surface area contributed by atoms with Crippen LogP contribution in [0, 0.1) is 10.1 Å². The van der Waals surface area contributed by atoms with E-state index >= 15 is 0 Å². The van der Waals surface area contributed by atoms with E-state index in [1.54, 1.807) is 29.2 Å². The van der Waals surface area contributed by atoms with Crippen LogP contribution in [0.3, 0.4) is 0 Å². The fourth-order valence-corrected chi connectivity index (χ4v) is 2.98. The summed E-state index contributed by atoms with van der Waals surface area (Å²) in [5.74, 6) is -0.100. The minimum absolute atomic E-state index is 0.000170. The van der Waals surface area contributed by atoms with Crippen LogP contribution in [0.4, 0.5) is 11.4 Å². The third-order valence-electron chi connectivity index (χ3n) is 4.07. The van der Waals surface area contributed by atoms with Crippen molar-refractivity contribution >= 4 is 17.3 Å². The van der Waals surface area contributed by atoms with Crippen molar-refractivity contribution in [1.82, 2.24) is 5.32 Å². The van der Waals surface area contributed by atoms with Crippen molar-refractivity contribution in [1.29, 1.82) is 0 Å². The summed E-state index contributed by atoms with van der Waals surface area (Å²) in [6.07, 6.45) is 7.18. The molecular weight excluding hydrogens is 294 g/mol. The summed E-state index contributed by atoms with van der Waals surface area (Å²) in [4.78, 5) is 24.7. The standard InChI is InChI=1S/C17H23N3O3/c1-2-12-19(15-10-6-7-11-16(15)20(22)23)13-17(21)18-14-8-4-3-5-9-14/h2,6-7,10-11,14H,1,3-5,8-9,12-13H2,(H,18,21). The van der Waals surface area contributed by atoms with Crippen molar-refractivity contribution in [2.24, 2.45) is 0 Å². The molecule has 1 N–H and O–H groups in total. The Labute approximate surface area is 136 Å². The van der Waals surface area contributed by atoms with E-state index in [0.717, 1.165) is 25.7 Å². The number of rotatable bonds is 7. The van der Waals surface area contributed by atoms with E-state index in [1.807, 2.05) is 0 Å². The van der Waals surface area contributed by atoms with Crippen LogP contribution in [-0.2, 0) is 4.79 Å². The molecule has 0 radical (unpaired) electrons. The minimum Gasteiger partial charge on any atom is -0.353 e. The molecule has 6 nitrogen and oxygen atoms in total. The molecule has 1 amide bonds. The third-order valence-corrected chi connectivity index (χ3v) is 4.07. The van der Waals surface area contributed by atoms with Crippen molar-refractivity contribution in [3.8, 4) is 0 Å². The number of nitro benzene ring substituents is 1. The summed E-state index contributed by atoms with van der Waals surface area (Å²) >= 11 is 0. The van der Waals surface area contributed by atoms with Crippen LogP contribution in [0.2, 0.25) is 0 Å². The van der Waals surface area contributed by atoms with Crippen molar-refractivity contribution in [2.75, 3.05) is 18.0 Å². The molecule has 0 spiro atoms. The van der Waals surface area contributed by atoms with Gasteiger partial charge < -0.3 is 10.2 Å². The number of anilines is 1. The number of amides is 1. The maximum atomic E-state index is 12.3. The van der Waals surface area contributed by atoms with Gasteiger partial charge in [0.15, 0.2) is 0 Å². The van der Waals surface area contributed by atoms with E-state index in [4.69, 9.17) is 0 Å². The lowest BCUT2D eigenvalue weighted by Gasteiger charge is -2.26. The zero-order valence-corrected chi connectivity index (χ0v) is 13.2. The van der Waals surface area contributed by atoms with Gasteiger partial charge in [0.2, 0.25) is 5.91 Å². The Kier molecular flexibility index (Phi) is 6.14. The fourth-order valence-electron chi connectivity index (χ4n) is 2.98. The molecule has 0 saturated heterocycles. The second kappa shape index (κ2) is 8.31. The van der Waals surface area contributed by atoms with Crippen LogP contribution < -0.4 is 10.2 Å². The van der Waals surface area contributed by atoms with Gasteiger partial charge in [0.05, 0.1) is 11.5 Å². The lowest BCUT2D eigenvalue weighted by Crippen LogP contribution is -2.43. The first kappa shape index (κ1) is 17.0. The summed E-state index contributed by atoms with van der Waals surface area (Å²) in [6, 6.07) is 6.69. The maximum absolute atomic E-state index is 12.3. The monoisotopic (exact) mass is 317 g/mol. The minimum atomic E-state index is -0.426. The van der Waals surface area contributed by atoms with Gasteiger partial charge in [-0.25, -0.2) is 0 Å². The van der Waals surface area contributed by atoms with Gasteiger partial charge in [-0.05, 0) is 18.9 Å². The maximum Gasteiger partial charge on any atom is 0.292 e. The zero-order chi connectivity index (χ0) is 16.7. The summed E-state index contributed by atoms with van der Waals surface area (Å²) in [7, 11) is 0. The number of hydrogen-bond acceptors (Lipinski definition) is 4. The normalized spacial score (nSPS) is 15.0. The predicted octanol–water partition coefficient (Wildman–Crippen LogP) is 3.04. The lowest BCUT2D eigenvalue weighted by atomic mass is 9.95. The van der Waals surface area contributed by atoms with Gasteiger partial charge in [0.25, 0.3) is 5.69 Å².